The van der Waals surface area contributed by atoms with E-state index in [4.69, 9.17) is 11.6 Å². The third-order valence-corrected chi connectivity index (χ3v) is 4.42. The highest BCUT2D eigenvalue weighted by Crippen LogP contribution is 2.19. The first-order chi connectivity index (χ1) is 11.6. The van der Waals surface area contributed by atoms with Crippen molar-refractivity contribution < 1.29 is 9.59 Å². The van der Waals surface area contributed by atoms with Gasteiger partial charge >= 0.3 is 0 Å². The number of nitrogens with one attached hydrogen (secondary N) is 1. The van der Waals surface area contributed by atoms with Crippen molar-refractivity contribution >= 4 is 35.7 Å². The highest BCUT2D eigenvalue weighted by molar-refractivity contribution is 6.30. The fraction of sp³-hybridized carbons (Fsp3) is 0.263. The van der Waals surface area contributed by atoms with Crippen molar-refractivity contribution in [2.75, 3.05) is 19.6 Å². The van der Waals surface area contributed by atoms with E-state index in [0.29, 0.717) is 34.8 Å². The standard InChI is InChI=1S/C19H19ClN2O2.ClH/c1-13-12-22(11-10-21-13)19(24)17-5-3-2-4-16(17)18(23)14-6-8-15(20)9-7-14;/h2-9,13,21H,10-12H2,1H3;1H. The minimum atomic E-state index is -0.168. The van der Waals surface area contributed by atoms with Crippen LogP contribution in [-0.2, 0) is 0 Å². The van der Waals surface area contributed by atoms with E-state index in [1.165, 1.54) is 0 Å². The number of hydrogen-bond acceptors (Lipinski definition) is 3. The molecule has 0 aliphatic carbocycles. The summed E-state index contributed by atoms with van der Waals surface area (Å²) in [6, 6.07) is 14.0. The number of ketones is 1. The van der Waals surface area contributed by atoms with Gasteiger partial charge in [-0.15, -0.1) is 12.4 Å². The van der Waals surface area contributed by atoms with E-state index in [2.05, 4.69) is 5.32 Å². The molecule has 0 radical (unpaired) electrons. The SMILES string of the molecule is CC1CN(C(=O)c2ccccc2C(=O)c2ccc(Cl)cc2)CCN1.Cl. The Bertz CT molecular complexity index is 762. The molecule has 0 aromatic heterocycles. The topological polar surface area (TPSA) is 49.4 Å². The molecule has 2 aromatic rings. The molecule has 25 heavy (non-hydrogen) atoms. The van der Waals surface area contributed by atoms with E-state index >= 15 is 0 Å². The van der Waals surface area contributed by atoms with Crippen LogP contribution >= 0.6 is 24.0 Å². The Hall–Kier alpha value is -1.88. The molecule has 1 fully saturated rings. The Labute approximate surface area is 158 Å². The molecule has 3 rings (SSSR count). The molecule has 1 heterocycles. The van der Waals surface area contributed by atoms with Gasteiger partial charge in [0, 0.05) is 41.8 Å². The van der Waals surface area contributed by atoms with E-state index in [1.54, 1.807) is 53.4 Å². The summed E-state index contributed by atoms with van der Waals surface area (Å²) in [6.45, 7) is 4.10. The number of benzene rings is 2. The molecule has 4 nitrogen and oxygen atoms in total. The van der Waals surface area contributed by atoms with Crippen LogP contribution in [0.25, 0.3) is 0 Å². The molecule has 2 aromatic carbocycles. The zero-order chi connectivity index (χ0) is 17.1. The Morgan fingerprint density at radius 2 is 1.72 bits per heavy atom. The number of rotatable bonds is 3. The highest BCUT2D eigenvalue weighted by atomic mass is 35.5. The molecule has 1 amide bonds. The molecule has 6 heteroatoms. The van der Waals surface area contributed by atoms with Gasteiger partial charge < -0.3 is 10.2 Å². The van der Waals surface area contributed by atoms with Gasteiger partial charge in [-0.1, -0.05) is 29.8 Å². The lowest BCUT2D eigenvalue weighted by Crippen LogP contribution is -2.51. The third-order valence-electron chi connectivity index (χ3n) is 4.16. The Morgan fingerprint density at radius 1 is 1.08 bits per heavy atom. The predicted octanol–water partition coefficient (Wildman–Crippen LogP) is 3.43. The summed E-state index contributed by atoms with van der Waals surface area (Å²) < 4.78 is 0. The molecule has 132 valence electrons. The van der Waals surface area contributed by atoms with Crippen LogP contribution in [0.1, 0.15) is 33.2 Å². The van der Waals surface area contributed by atoms with Crippen LogP contribution in [0.4, 0.5) is 0 Å². The second-order valence-electron chi connectivity index (χ2n) is 5.99. The number of halogens is 2. The summed E-state index contributed by atoms with van der Waals surface area (Å²) in [5.74, 6) is -0.264. The minimum absolute atomic E-state index is 0. The van der Waals surface area contributed by atoms with Gasteiger partial charge in [0.1, 0.15) is 0 Å². The molecule has 0 bridgehead atoms. The van der Waals surface area contributed by atoms with Gasteiger partial charge in [-0.3, -0.25) is 9.59 Å². The second-order valence-corrected chi connectivity index (χ2v) is 6.42. The first kappa shape index (κ1) is 19.4. The molecular weight excluding hydrogens is 359 g/mol. The lowest BCUT2D eigenvalue weighted by Gasteiger charge is -2.32. The average Bonchev–Trinajstić information content (AvgIpc) is 2.61. The number of amides is 1. The van der Waals surface area contributed by atoms with Crippen molar-refractivity contribution in [2.24, 2.45) is 0 Å². The molecule has 1 atom stereocenters. The maximum atomic E-state index is 12.9. The van der Waals surface area contributed by atoms with Crippen molar-refractivity contribution in [3.8, 4) is 0 Å². The van der Waals surface area contributed by atoms with Crippen LogP contribution in [0.3, 0.4) is 0 Å². The van der Waals surface area contributed by atoms with Crippen LogP contribution in [-0.4, -0.2) is 42.3 Å². The molecule has 1 N–H and O–H groups in total. The lowest BCUT2D eigenvalue weighted by molar-refractivity contribution is 0.0705. The van der Waals surface area contributed by atoms with Crippen molar-refractivity contribution in [1.29, 1.82) is 0 Å². The van der Waals surface area contributed by atoms with Crippen molar-refractivity contribution in [3.05, 3.63) is 70.2 Å². The highest BCUT2D eigenvalue weighted by Gasteiger charge is 2.25. The molecule has 1 unspecified atom stereocenters. The Balaban J connectivity index is 0.00000225. The molecule has 1 aliphatic rings. The average molecular weight is 379 g/mol. The summed E-state index contributed by atoms with van der Waals surface area (Å²) in [5.41, 5.74) is 1.40. The van der Waals surface area contributed by atoms with E-state index in [9.17, 15) is 9.59 Å². The number of hydrogen-bond donors (Lipinski definition) is 1. The van der Waals surface area contributed by atoms with Gasteiger partial charge in [0.2, 0.25) is 0 Å². The quantitative estimate of drug-likeness (QED) is 0.832. The van der Waals surface area contributed by atoms with E-state index < -0.39 is 0 Å². The van der Waals surface area contributed by atoms with Gasteiger partial charge in [-0.05, 0) is 37.3 Å². The van der Waals surface area contributed by atoms with Crippen LogP contribution in [0.2, 0.25) is 5.02 Å². The van der Waals surface area contributed by atoms with Gasteiger partial charge in [0.05, 0.1) is 5.56 Å². The molecule has 1 aliphatic heterocycles. The predicted molar refractivity (Wildman–Crippen MR) is 102 cm³/mol. The third kappa shape index (κ3) is 4.40. The van der Waals surface area contributed by atoms with Gasteiger partial charge in [0.15, 0.2) is 5.78 Å². The van der Waals surface area contributed by atoms with E-state index in [0.717, 1.165) is 6.54 Å². The summed E-state index contributed by atoms with van der Waals surface area (Å²) in [4.78, 5) is 27.5. The maximum Gasteiger partial charge on any atom is 0.254 e. The lowest BCUT2D eigenvalue weighted by atomic mass is 9.97. The number of carbonyl (C=O) groups is 2. The van der Waals surface area contributed by atoms with Crippen LogP contribution in [0.15, 0.2) is 48.5 Å². The van der Waals surface area contributed by atoms with Crippen LogP contribution in [0.5, 0.6) is 0 Å². The fourth-order valence-electron chi connectivity index (χ4n) is 2.91. The normalized spacial score (nSPS) is 16.9. The summed E-state index contributed by atoms with van der Waals surface area (Å²) in [7, 11) is 0. The van der Waals surface area contributed by atoms with E-state index in [1.807, 2.05) is 6.92 Å². The molecular formula is C19H20Cl2N2O2. The summed E-state index contributed by atoms with van der Waals surface area (Å²) in [6.07, 6.45) is 0. The summed E-state index contributed by atoms with van der Waals surface area (Å²) >= 11 is 5.88. The first-order valence-corrected chi connectivity index (χ1v) is 8.36. The van der Waals surface area contributed by atoms with Crippen molar-refractivity contribution in [2.45, 2.75) is 13.0 Å². The summed E-state index contributed by atoms with van der Waals surface area (Å²) in [5, 5.41) is 3.89. The number of carbonyl (C=O) groups excluding carboxylic acids is 2. The monoisotopic (exact) mass is 378 g/mol. The van der Waals surface area contributed by atoms with Gasteiger partial charge in [0.25, 0.3) is 5.91 Å². The maximum absolute atomic E-state index is 12.9. The minimum Gasteiger partial charge on any atom is -0.336 e. The zero-order valence-corrected chi connectivity index (χ0v) is 15.4. The molecule has 0 spiro atoms. The molecule has 0 saturated carbocycles. The van der Waals surface area contributed by atoms with Gasteiger partial charge in [-0.2, -0.15) is 0 Å². The van der Waals surface area contributed by atoms with Crippen LogP contribution in [0, 0.1) is 0 Å². The smallest absolute Gasteiger partial charge is 0.254 e. The Morgan fingerprint density at radius 3 is 2.36 bits per heavy atom. The first-order valence-electron chi connectivity index (χ1n) is 7.98. The number of piperazine rings is 1. The largest absolute Gasteiger partial charge is 0.336 e. The van der Waals surface area contributed by atoms with Crippen molar-refractivity contribution in [3.63, 3.8) is 0 Å². The van der Waals surface area contributed by atoms with Crippen LogP contribution < -0.4 is 5.32 Å². The second kappa shape index (κ2) is 8.48. The zero-order valence-electron chi connectivity index (χ0n) is 13.9. The Kier molecular flexibility index (Phi) is 6.59. The molecule has 1 saturated heterocycles. The fourth-order valence-corrected chi connectivity index (χ4v) is 3.04. The van der Waals surface area contributed by atoms with E-state index in [-0.39, 0.29) is 30.1 Å². The number of nitrogens with zero attached hydrogens (tertiary/aromatic N) is 1. The van der Waals surface area contributed by atoms with Crippen molar-refractivity contribution in [1.82, 2.24) is 10.2 Å². The van der Waals surface area contributed by atoms with Gasteiger partial charge in [-0.25, -0.2) is 0 Å².